The van der Waals surface area contributed by atoms with Gasteiger partial charge in [-0.1, -0.05) is 23.7 Å². The Balaban J connectivity index is 2.04. The van der Waals surface area contributed by atoms with Gasteiger partial charge in [0.1, 0.15) is 5.82 Å². The quantitative estimate of drug-likeness (QED) is 0.856. The van der Waals surface area contributed by atoms with Crippen molar-refractivity contribution in [2.45, 2.75) is 13.0 Å². The van der Waals surface area contributed by atoms with Gasteiger partial charge in [-0.05, 0) is 25.6 Å². The van der Waals surface area contributed by atoms with Gasteiger partial charge in [-0.25, -0.2) is 4.39 Å². The van der Waals surface area contributed by atoms with Crippen LogP contribution in [0.1, 0.15) is 12.0 Å². The van der Waals surface area contributed by atoms with Gasteiger partial charge in [-0.2, -0.15) is 0 Å². The van der Waals surface area contributed by atoms with E-state index in [4.69, 9.17) is 11.6 Å². The van der Waals surface area contributed by atoms with E-state index in [-0.39, 0.29) is 10.8 Å². The molecule has 1 aliphatic heterocycles. The number of hydrogen-bond donors (Lipinski definition) is 1. The van der Waals surface area contributed by atoms with Crippen LogP contribution in [0.4, 0.5) is 4.39 Å². The van der Waals surface area contributed by atoms with Gasteiger partial charge in [0.15, 0.2) is 0 Å². The van der Waals surface area contributed by atoms with Gasteiger partial charge in [-0.3, -0.25) is 4.90 Å². The number of nitrogens with zero attached hydrogens (tertiary/aromatic N) is 1. The second-order valence-corrected chi connectivity index (χ2v) is 4.50. The van der Waals surface area contributed by atoms with E-state index in [2.05, 4.69) is 10.2 Å². The van der Waals surface area contributed by atoms with Gasteiger partial charge < -0.3 is 5.32 Å². The molecule has 1 N–H and O–H groups in total. The lowest BCUT2D eigenvalue weighted by Gasteiger charge is -2.19. The van der Waals surface area contributed by atoms with Gasteiger partial charge in [-0.15, -0.1) is 0 Å². The predicted octanol–water partition coefficient (Wildman–Crippen LogP) is 2.27. The lowest BCUT2D eigenvalue weighted by Crippen LogP contribution is -2.28. The summed E-state index contributed by atoms with van der Waals surface area (Å²) in [7, 11) is 0. The molecule has 0 aromatic heterocycles. The van der Waals surface area contributed by atoms with Gasteiger partial charge in [0.25, 0.3) is 0 Å². The number of halogens is 2. The second-order valence-electron chi connectivity index (χ2n) is 4.09. The van der Waals surface area contributed by atoms with Crippen LogP contribution in [0.25, 0.3) is 0 Å². The summed E-state index contributed by atoms with van der Waals surface area (Å²) in [5.74, 6) is -0.277. The largest absolute Gasteiger partial charge is 0.315 e. The Morgan fingerprint density at radius 3 is 3.06 bits per heavy atom. The fourth-order valence-corrected chi connectivity index (χ4v) is 2.17. The molecule has 0 amide bonds. The molecule has 1 aromatic carbocycles. The summed E-state index contributed by atoms with van der Waals surface area (Å²) in [5.41, 5.74) is 0.689. The first kappa shape index (κ1) is 11.8. The molecule has 1 fully saturated rings. The maximum atomic E-state index is 13.7. The third-order valence-corrected chi connectivity index (χ3v) is 3.15. The summed E-state index contributed by atoms with van der Waals surface area (Å²) >= 11 is 5.76. The van der Waals surface area contributed by atoms with Crippen LogP contribution < -0.4 is 5.32 Å². The molecule has 88 valence electrons. The molecule has 0 aliphatic carbocycles. The van der Waals surface area contributed by atoms with Gasteiger partial charge in [0.05, 0.1) is 5.02 Å². The van der Waals surface area contributed by atoms with Crippen LogP contribution in [-0.2, 0) is 6.54 Å². The average Bonchev–Trinajstić information content (AvgIpc) is 2.53. The highest BCUT2D eigenvalue weighted by Crippen LogP contribution is 2.19. The van der Waals surface area contributed by atoms with Crippen molar-refractivity contribution in [1.82, 2.24) is 10.2 Å². The summed E-state index contributed by atoms with van der Waals surface area (Å²) in [6.07, 6.45) is 1.11. The molecule has 0 spiro atoms. The highest BCUT2D eigenvalue weighted by Gasteiger charge is 2.12. The lowest BCUT2D eigenvalue weighted by molar-refractivity contribution is 0.280. The number of hydrogen-bond acceptors (Lipinski definition) is 2. The number of rotatable bonds is 2. The van der Waals surface area contributed by atoms with Crippen molar-refractivity contribution in [2.75, 3.05) is 26.2 Å². The zero-order chi connectivity index (χ0) is 11.4. The molecule has 2 rings (SSSR count). The van der Waals surface area contributed by atoms with Crippen LogP contribution in [0.3, 0.4) is 0 Å². The van der Waals surface area contributed by atoms with E-state index in [1.807, 2.05) is 0 Å². The first-order chi connectivity index (χ1) is 7.77. The molecule has 2 nitrogen and oxygen atoms in total. The van der Waals surface area contributed by atoms with Crippen LogP contribution >= 0.6 is 11.6 Å². The summed E-state index contributed by atoms with van der Waals surface area (Å²) < 4.78 is 13.7. The molecule has 0 atom stereocenters. The Morgan fingerprint density at radius 1 is 1.31 bits per heavy atom. The summed E-state index contributed by atoms with van der Waals surface area (Å²) in [6.45, 7) is 4.65. The molecule has 1 aromatic rings. The molecule has 1 saturated heterocycles. The minimum atomic E-state index is -0.277. The third kappa shape index (κ3) is 2.94. The van der Waals surface area contributed by atoms with E-state index in [0.29, 0.717) is 12.1 Å². The van der Waals surface area contributed by atoms with Crippen molar-refractivity contribution in [3.05, 3.63) is 34.6 Å². The Labute approximate surface area is 100 Å². The normalized spacial score (nSPS) is 18.4. The monoisotopic (exact) mass is 242 g/mol. The molecule has 0 radical (unpaired) electrons. The van der Waals surface area contributed by atoms with Crippen molar-refractivity contribution in [2.24, 2.45) is 0 Å². The topological polar surface area (TPSA) is 15.3 Å². The van der Waals surface area contributed by atoms with E-state index in [1.54, 1.807) is 18.2 Å². The van der Waals surface area contributed by atoms with Crippen molar-refractivity contribution >= 4 is 11.6 Å². The van der Waals surface area contributed by atoms with E-state index >= 15 is 0 Å². The third-order valence-electron chi connectivity index (χ3n) is 2.86. The molecule has 0 saturated carbocycles. The number of nitrogens with one attached hydrogen (secondary N) is 1. The van der Waals surface area contributed by atoms with Crippen molar-refractivity contribution < 1.29 is 4.39 Å². The van der Waals surface area contributed by atoms with Crippen LogP contribution in [0.5, 0.6) is 0 Å². The van der Waals surface area contributed by atoms with Crippen LogP contribution in [0.15, 0.2) is 18.2 Å². The van der Waals surface area contributed by atoms with Crippen molar-refractivity contribution in [1.29, 1.82) is 0 Å². The summed E-state index contributed by atoms with van der Waals surface area (Å²) in [5, 5.41) is 3.54. The fourth-order valence-electron chi connectivity index (χ4n) is 1.97. The summed E-state index contributed by atoms with van der Waals surface area (Å²) in [6, 6.07) is 5.20. The van der Waals surface area contributed by atoms with E-state index < -0.39 is 0 Å². The highest BCUT2D eigenvalue weighted by molar-refractivity contribution is 6.30. The maximum absolute atomic E-state index is 13.7. The van der Waals surface area contributed by atoms with Crippen LogP contribution in [0, 0.1) is 5.82 Å². The van der Waals surface area contributed by atoms with Crippen molar-refractivity contribution in [3.63, 3.8) is 0 Å². The van der Waals surface area contributed by atoms with E-state index in [1.165, 1.54) is 0 Å². The minimum Gasteiger partial charge on any atom is -0.315 e. The maximum Gasteiger partial charge on any atom is 0.146 e. The highest BCUT2D eigenvalue weighted by atomic mass is 35.5. The van der Waals surface area contributed by atoms with E-state index in [9.17, 15) is 4.39 Å². The smallest absolute Gasteiger partial charge is 0.146 e. The Bertz CT molecular complexity index is 349. The zero-order valence-corrected chi connectivity index (χ0v) is 9.93. The Hall–Kier alpha value is -0.640. The van der Waals surface area contributed by atoms with Crippen LogP contribution in [0.2, 0.25) is 5.02 Å². The number of benzene rings is 1. The zero-order valence-electron chi connectivity index (χ0n) is 9.18. The summed E-state index contributed by atoms with van der Waals surface area (Å²) in [4.78, 5) is 2.26. The molecule has 1 heterocycles. The fraction of sp³-hybridized carbons (Fsp3) is 0.500. The average molecular weight is 243 g/mol. The first-order valence-electron chi connectivity index (χ1n) is 5.63. The van der Waals surface area contributed by atoms with Crippen LogP contribution in [-0.4, -0.2) is 31.1 Å². The molecule has 0 unspecified atom stereocenters. The Kier molecular flexibility index (Phi) is 4.16. The predicted molar refractivity (Wildman–Crippen MR) is 64.2 cm³/mol. The molecule has 16 heavy (non-hydrogen) atoms. The molecular weight excluding hydrogens is 227 g/mol. The molecule has 4 heteroatoms. The van der Waals surface area contributed by atoms with Gasteiger partial charge in [0, 0.05) is 25.2 Å². The Morgan fingerprint density at radius 2 is 2.19 bits per heavy atom. The molecule has 0 bridgehead atoms. The van der Waals surface area contributed by atoms with Crippen molar-refractivity contribution in [3.8, 4) is 0 Å². The molecule has 1 aliphatic rings. The minimum absolute atomic E-state index is 0.213. The SMILES string of the molecule is Fc1c(Cl)cccc1CN1CCCNCC1. The molecular formula is C12H16ClFN2. The van der Waals surface area contributed by atoms with Gasteiger partial charge >= 0.3 is 0 Å². The lowest BCUT2D eigenvalue weighted by atomic mass is 10.2. The van der Waals surface area contributed by atoms with E-state index in [0.717, 1.165) is 32.6 Å². The first-order valence-corrected chi connectivity index (χ1v) is 6.01. The van der Waals surface area contributed by atoms with Gasteiger partial charge in [0.2, 0.25) is 0 Å². The second kappa shape index (κ2) is 5.62. The standard InChI is InChI=1S/C12H16ClFN2/c13-11-4-1-3-10(12(11)14)9-16-7-2-5-15-6-8-16/h1,3-4,15H,2,5-9H2.